The Labute approximate surface area is 348 Å². The zero-order chi connectivity index (χ0) is 44.0. The fourth-order valence-corrected chi connectivity index (χ4v) is 7.50. The topological polar surface area (TPSA) is 241 Å². The molecule has 3 aromatic carbocycles. The minimum absolute atomic E-state index is 0.119. The highest BCUT2D eigenvalue weighted by Gasteiger charge is 2.33. The van der Waals surface area contributed by atoms with Crippen LogP contribution < -0.4 is 5.73 Å². The maximum atomic E-state index is 11.7. The number of nitrogens with two attached hydrogens (primary N) is 1. The number of esters is 5. The molecule has 16 nitrogen and oxygen atoms in total. The standard InChI is InChI=1S/C16H18O6.C14H17NO4.C13H17O5P/c1-10(21-15(19)9-8-14(17)18)6-7-13-11-4-2-3-5-12(11)16(20)22-13;1-9(18-13(16)8-15)6-7-12-10-4-2-3-5-11(10)14(17)19-12;1-9(18-19(2,15)16)7-8-12-10-5-3-4-6-11(10)13(14)17-12/h2-5,10,13H,6-9H2,1H3,(H,17,18);2-5,9,12H,6-8,15H2,1H3;3-6,9,12H,7-8H2,1-2H3,(H,15,16)/t10?,13-;2*9?,12-/m000/s1. The molecule has 3 heterocycles. The van der Waals surface area contributed by atoms with E-state index in [0.717, 1.165) is 23.4 Å². The van der Waals surface area contributed by atoms with Crippen LogP contribution in [0.25, 0.3) is 0 Å². The van der Waals surface area contributed by atoms with E-state index in [-0.39, 0.29) is 73.9 Å². The molecular formula is C43H52NO15P. The minimum atomic E-state index is -3.47. The molecule has 0 radical (unpaired) electrons. The first-order valence-corrected chi connectivity index (χ1v) is 21.7. The highest BCUT2D eigenvalue weighted by atomic mass is 31.2. The Hall–Kier alpha value is -5.41. The molecule has 0 saturated heterocycles. The fourth-order valence-electron chi connectivity index (χ4n) is 6.73. The Kier molecular flexibility index (Phi) is 17.5. The van der Waals surface area contributed by atoms with E-state index in [2.05, 4.69) is 0 Å². The lowest BCUT2D eigenvalue weighted by molar-refractivity contribution is -0.151. The first-order chi connectivity index (χ1) is 28.4. The quantitative estimate of drug-likeness (QED) is 0.0707. The van der Waals surface area contributed by atoms with E-state index in [1.165, 1.54) is 0 Å². The summed E-state index contributed by atoms with van der Waals surface area (Å²) in [4.78, 5) is 76.9. The lowest BCUT2D eigenvalue weighted by atomic mass is 10.0. The third-order valence-corrected chi connectivity index (χ3v) is 10.3. The average molecular weight is 854 g/mol. The Morgan fingerprint density at radius 3 is 1.33 bits per heavy atom. The molecule has 0 amide bonds. The van der Waals surface area contributed by atoms with Crippen molar-refractivity contribution in [1.82, 2.24) is 0 Å². The second kappa shape index (κ2) is 22.3. The van der Waals surface area contributed by atoms with E-state index in [4.69, 9.17) is 43.9 Å². The SMILES string of the molecule is CC(CC[C@@H]1OC(=O)c2ccccc21)OC(=O)CCC(=O)O.CC(CC[C@@H]1OC(=O)c2ccccc21)OC(=O)CN.CC(CC[C@@H]1OC(=O)c2ccccc21)OP(C)(=O)O. The van der Waals surface area contributed by atoms with Gasteiger partial charge in [0.05, 0.1) is 54.4 Å². The molecule has 17 heteroatoms. The number of hydrogen-bond acceptors (Lipinski definition) is 14. The van der Waals surface area contributed by atoms with Crippen molar-refractivity contribution in [3.05, 3.63) is 106 Å². The van der Waals surface area contributed by atoms with E-state index in [1.807, 2.05) is 42.5 Å². The molecule has 0 bridgehead atoms. The fraction of sp³-hybridized carbons (Fsp3) is 0.442. The molecule has 4 unspecified atom stereocenters. The van der Waals surface area contributed by atoms with Crippen molar-refractivity contribution in [3.63, 3.8) is 0 Å². The number of aliphatic carboxylic acids is 1. The number of ether oxygens (including phenoxy) is 5. The smallest absolute Gasteiger partial charge is 0.339 e. The zero-order valence-electron chi connectivity index (χ0n) is 34.0. The van der Waals surface area contributed by atoms with Gasteiger partial charge in [-0.1, -0.05) is 54.6 Å². The molecule has 6 rings (SSSR count). The molecule has 0 aliphatic carbocycles. The van der Waals surface area contributed by atoms with Gasteiger partial charge >= 0.3 is 43.4 Å². The summed E-state index contributed by atoms with van der Waals surface area (Å²) in [5, 5.41) is 8.51. The van der Waals surface area contributed by atoms with Crippen molar-refractivity contribution in [3.8, 4) is 0 Å². The van der Waals surface area contributed by atoms with E-state index >= 15 is 0 Å². The van der Waals surface area contributed by atoms with Gasteiger partial charge in [-0.2, -0.15) is 0 Å². The number of carbonyl (C=O) groups is 6. The molecule has 324 valence electrons. The Bertz CT molecular complexity index is 2050. The van der Waals surface area contributed by atoms with Gasteiger partial charge in [0.15, 0.2) is 0 Å². The van der Waals surface area contributed by atoms with Crippen LogP contribution in [-0.2, 0) is 47.2 Å². The molecule has 4 N–H and O–H groups in total. The molecule has 60 heavy (non-hydrogen) atoms. The minimum Gasteiger partial charge on any atom is -0.481 e. The predicted octanol–water partition coefficient (Wildman–Crippen LogP) is 6.94. The highest BCUT2D eigenvalue weighted by molar-refractivity contribution is 7.51. The molecule has 0 aromatic heterocycles. The average Bonchev–Trinajstić information content (AvgIpc) is 3.83. The number of rotatable bonds is 17. The van der Waals surface area contributed by atoms with Crippen molar-refractivity contribution in [1.29, 1.82) is 0 Å². The van der Waals surface area contributed by atoms with Gasteiger partial charge in [0.1, 0.15) is 18.3 Å². The van der Waals surface area contributed by atoms with Crippen LogP contribution in [-0.4, -0.2) is 77.3 Å². The van der Waals surface area contributed by atoms with E-state index in [0.29, 0.717) is 55.2 Å². The zero-order valence-corrected chi connectivity index (χ0v) is 34.9. The summed E-state index contributed by atoms with van der Waals surface area (Å²) in [7, 11) is -3.47. The number of carbonyl (C=O) groups excluding carboxylic acids is 5. The number of carboxylic acids is 1. The van der Waals surface area contributed by atoms with Crippen LogP contribution in [0, 0.1) is 0 Å². The number of benzene rings is 3. The lowest BCUT2D eigenvalue weighted by Gasteiger charge is -2.17. The molecule has 0 saturated carbocycles. The highest BCUT2D eigenvalue weighted by Crippen LogP contribution is 2.41. The van der Waals surface area contributed by atoms with Gasteiger partial charge in [0.2, 0.25) is 0 Å². The van der Waals surface area contributed by atoms with Crippen molar-refractivity contribution in [2.24, 2.45) is 5.73 Å². The van der Waals surface area contributed by atoms with Gasteiger partial charge in [0, 0.05) is 23.4 Å². The Morgan fingerprint density at radius 2 is 0.983 bits per heavy atom. The van der Waals surface area contributed by atoms with Gasteiger partial charge < -0.3 is 43.9 Å². The summed E-state index contributed by atoms with van der Waals surface area (Å²) < 4.78 is 42.2. The third kappa shape index (κ3) is 14.4. The van der Waals surface area contributed by atoms with Crippen LogP contribution in [0.5, 0.6) is 0 Å². The van der Waals surface area contributed by atoms with Gasteiger partial charge in [-0.05, 0) is 77.5 Å². The summed E-state index contributed by atoms with van der Waals surface area (Å²) in [6, 6.07) is 21.8. The van der Waals surface area contributed by atoms with Gasteiger partial charge in [-0.15, -0.1) is 0 Å². The predicted molar refractivity (Wildman–Crippen MR) is 215 cm³/mol. The van der Waals surface area contributed by atoms with Crippen molar-refractivity contribution in [2.75, 3.05) is 13.2 Å². The maximum Gasteiger partial charge on any atom is 0.339 e. The third-order valence-electron chi connectivity index (χ3n) is 9.59. The first kappa shape index (κ1) is 47.3. The Morgan fingerprint density at radius 1 is 0.633 bits per heavy atom. The molecule has 3 aliphatic heterocycles. The number of cyclic esters (lactones) is 3. The second-order valence-corrected chi connectivity index (χ2v) is 16.4. The molecule has 0 fully saturated rings. The van der Waals surface area contributed by atoms with Crippen LogP contribution in [0.3, 0.4) is 0 Å². The van der Waals surface area contributed by atoms with Crippen LogP contribution in [0.1, 0.15) is 138 Å². The number of fused-ring (bicyclic) bond motifs is 3. The number of hydrogen-bond donors (Lipinski definition) is 3. The molecule has 7 atom stereocenters. The summed E-state index contributed by atoms with van der Waals surface area (Å²) in [6.45, 7) is 6.31. The molecular weight excluding hydrogens is 801 g/mol. The van der Waals surface area contributed by atoms with Crippen LogP contribution in [0.15, 0.2) is 72.8 Å². The van der Waals surface area contributed by atoms with E-state index < -0.39 is 25.5 Å². The second-order valence-electron chi connectivity index (χ2n) is 14.6. The molecule has 3 aromatic rings. The van der Waals surface area contributed by atoms with Gasteiger partial charge in [-0.3, -0.25) is 18.9 Å². The van der Waals surface area contributed by atoms with E-state index in [9.17, 15) is 33.3 Å². The lowest BCUT2D eigenvalue weighted by Crippen LogP contribution is -2.22. The number of carboxylic acid groups (broad SMARTS) is 1. The monoisotopic (exact) mass is 853 g/mol. The molecule has 0 spiro atoms. The largest absolute Gasteiger partial charge is 0.481 e. The van der Waals surface area contributed by atoms with Crippen molar-refractivity contribution < 1.29 is 71.5 Å². The summed E-state index contributed by atoms with van der Waals surface area (Å²) in [5.41, 5.74) is 9.63. The first-order valence-electron chi connectivity index (χ1n) is 19.6. The van der Waals surface area contributed by atoms with Gasteiger partial charge in [-0.25, -0.2) is 14.4 Å². The van der Waals surface area contributed by atoms with Crippen LogP contribution >= 0.6 is 7.60 Å². The van der Waals surface area contributed by atoms with Crippen LogP contribution in [0.2, 0.25) is 0 Å². The van der Waals surface area contributed by atoms with E-state index in [1.54, 1.807) is 51.1 Å². The summed E-state index contributed by atoms with van der Waals surface area (Å²) >= 11 is 0. The Balaban J connectivity index is 0.000000199. The van der Waals surface area contributed by atoms with Gasteiger partial charge in [0.25, 0.3) is 0 Å². The summed E-state index contributed by atoms with van der Waals surface area (Å²) in [6.07, 6.45) is 1.29. The van der Waals surface area contributed by atoms with Crippen LogP contribution in [0.4, 0.5) is 0 Å². The molecule has 3 aliphatic rings. The normalized spacial score (nSPS) is 19.4. The summed E-state index contributed by atoms with van der Waals surface area (Å²) in [5.74, 6) is -2.90. The van der Waals surface area contributed by atoms with Crippen molar-refractivity contribution in [2.45, 2.75) is 109 Å². The maximum absolute atomic E-state index is 11.7. The van der Waals surface area contributed by atoms with Crippen molar-refractivity contribution >= 4 is 43.4 Å².